The molecule has 8 nitrogen and oxygen atoms in total. The van der Waals surface area contributed by atoms with Crippen LogP contribution in [-0.4, -0.2) is 54.5 Å². The normalized spacial score (nSPS) is 18.5. The van der Waals surface area contributed by atoms with Gasteiger partial charge in [-0.3, -0.25) is 9.59 Å². The molecule has 2 amide bonds. The zero-order valence-corrected chi connectivity index (χ0v) is 19.9. The molecular formula is C25H34N6O2. The predicted molar refractivity (Wildman–Crippen MR) is 131 cm³/mol. The number of hydrogen-bond donors (Lipinski definition) is 2. The first-order valence-corrected chi connectivity index (χ1v) is 11.9. The molecular weight excluding hydrogens is 416 g/mol. The fourth-order valence-corrected chi connectivity index (χ4v) is 4.47. The molecule has 2 aliphatic heterocycles. The standard InChI is InChI=1S/C25H34N6O2/c1-17-7-8-21(13-18(17)2)31-16-20(14-24(31)32)25(33)27-10-9-26-22-15-23(29-19(3)28-22)30-11-5-4-6-12-30/h7-8,13,15,20H,4-6,9-12,14,16H2,1-3H3,(H,27,33)(H,26,28,29). The highest BCUT2D eigenvalue weighted by atomic mass is 16.2. The molecule has 2 N–H and O–H groups in total. The Bertz CT molecular complexity index is 1020. The second kappa shape index (κ2) is 10.2. The number of carbonyl (C=O) groups excluding carboxylic acids is 2. The molecule has 0 bridgehead atoms. The second-order valence-electron chi connectivity index (χ2n) is 9.10. The molecule has 8 heteroatoms. The van der Waals surface area contributed by atoms with Crippen LogP contribution in [-0.2, 0) is 9.59 Å². The average Bonchev–Trinajstić information content (AvgIpc) is 3.20. The summed E-state index contributed by atoms with van der Waals surface area (Å²) < 4.78 is 0. The molecule has 2 saturated heterocycles. The summed E-state index contributed by atoms with van der Waals surface area (Å²) in [5, 5.41) is 6.26. The molecule has 2 aromatic rings. The highest BCUT2D eigenvalue weighted by Crippen LogP contribution is 2.27. The Morgan fingerprint density at radius 2 is 1.82 bits per heavy atom. The molecule has 33 heavy (non-hydrogen) atoms. The van der Waals surface area contributed by atoms with E-state index in [-0.39, 0.29) is 24.2 Å². The Labute approximate surface area is 195 Å². The minimum Gasteiger partial charge on any atom is -0.368 e. The maximum absolute atomic E-state index is 12.7. The van der Waals surface area contributed by atoms with Crippen LogP contribution in [0.25, 0.3) is 0 Å². The maximum atomic E-state index is 12.7. The van der Waals surface area contributed by atoms with Gasteiger partial charge in [0.1, 0.15) is 17.5 Å². The fraction of sp³-hybridized carbons (Fsp3) is 0.520. The van der Waals surface area contributed by atoms with E-state index in [0.717, 1.165) is 41.8 Å². The molecule has 176 valence electrons. The summed E-state index contributed by atoms with van der Waals surface area (Å²) in [5.41, 5.74) is 3.19. The number of rotatable bonds is 7. The van der Waals surface area contributed by atoms with Crippen molar-refractivity contribution < 1.29 is 9.59 Å². The first-order valence-electron chi connectivity index (χ1n) is 11.9. The highest BCUT2D eigenvalue weighted by Gasteiger charge is 2.35. The van der Waals surface area contributed by atoms with Crippen LogP contribution < -0.4 is 20.4 Å². The Balaban J connectivity index is 1.26. The van der Waals surface area contributed by atoms with Crippen molar-refractivity contribution in [1.29, 1.82) is 0 Å². The second-order valence-corrected chi connectivity index (χ2v) is 9.10. The van der Waals surface area contributed by atoms with E-state index in [1.54, 1.807) is 4.90 Å². The third-order valence-electron chi connectivity index (χ3n) is 6.53. The van der Waals surface area contributed by atoms with Crippen LogP contribution in [0, 0.1) is 26.7 Å². The summed E-state index contributed by atoms with van der Waals surface area (Å²) in [7, 11) is 0. The van der Waals surface area contributed by atoms with Gasteiger partial charge in [0.2, 0.25) is 11.8 Å². The van der Waals surface area contributed by atoms with E-state index in [4.69, 9.17) is 0 Å². The van der Waals surface area contributed by atoms with Crippen molar-refractivity contribution in [2.75, 3.05) is 47.8 Å². The molecule has 0 spiro atoms. The minimum atomic E-state index is -0.328. The fourth-order valence-electron chi connectivity index (χ4n) is 4.47. The average molecular weight is 451 g/mol. The number of piperidine rings is 1. The van der Waals surface area contributed by atoms with Crippen molar-refractivity contribution in [2.45, 2.75) is 46.5 Å². The Hall–Kier alpha value is -3.16. The van der Waals surface area contributed by atoms with E-state index in [9.17, 15) is 9.59 Å². The van der Waals surface area contributed by atoms with Gasteiger partial charge in [0.25, 0.3) is 0 Å². The van der Waals surface area contributed by atoms with Crippen LogP contribution in [0.2, 0.25) is 0 Å². The first-order chi connectivity index (χ1) is 15.9. The lowest BCUT2D eigenvalue weighted by molar-refractivity contribution is -0.126. The number of anilines is 3. The van der Waals surface area contributed by atoms with Crippen molar-refractivity contribution in [3.8, 4) is 0 Å². The number of nitrogens with zero attached hydrogens (tertiary/aromatic N) is 4. The lowest BCUT2D eigenvalue weighted by Gasteiger charge is -2.28. The van der Waals surface area contributed by atoms with Gasteiger partial charge in [-0.1, -0.05) is 6.07 Å². The van der Waals surface area contributed by atoms with E-state index in [1.807, 2.05) is 45.0 Å². The number of aryl methyl sites for hydroxylation is 3. The van der Waals surface area contributed by atoms with Gasteiger partial charge in [0.05, 0.1) is 5.92 Å². The van der Waals surface area contributed by atoms with Crippen LogP contribution >= 0.6 is 0 Å². The first kappa shape index (κ1) is 23.0. The Kier molecular flexibility index (Phi) is 7.11. The molecule has 0 radical (unpaired) electrons. The van der Waals surface area contributed by atoms with Crippen LogP contribution in [0.3, 0.4) is 0 Å². The zero-order chi connectivity index (χ0) is 23.4. The van der Waals surface area contributed by atoms with Gasteiger partial charge in [-0.25, -0.2) is 9.97 Å². The molecule has 1 unspecified atom stereocenters. The van der Waals surface area contributed by atoms with E-state index in [2.05, 4.69) is 25.5 Å². The number of benzene rings is 1. The number of amides is 2. The van der Waals surface area contributed by atoms with Crippen LogP contribution in [0.1, 0.15) is 42.6 Å². The van der Waals surface area contributed by atoms with Crippen molar-refractivity contribution >= 4 is 29.1 Å². The lowest BCUT2D eigenvalue weighted by Crippen LogP contribution is -2.35. The molecule has 2 aliphatic rings. The number of hydrogen-bond acceptors (Lipinski definition) is 6. The largest absolute Gasteiger partial charge is 0.368 e. The van der Waals surface area contributed by atoms with Gasteiger partial charge in [0.15, 0.2) is 0 Å². The molecule has 0 saturated carbocycles. The van der Waals surface area contributed by atoms with E-state index in [1.165, 1.54) is 24.8 Å². The Morgan fingerprint density at radius 3 is 2.58 bits per heavy atom. The third-order valence-corrected chi connectivity index (χ3v) is 6.53. The van der Waals surface area contributed by atoms with Gasteiger partial charge < -0.3 is 20.4 Å². The molecule has 1 aromatic heterocycles. The van der Waals surface area contributed by atoms with Gasteiger partial charge >= 0.3 is 0 Å². The van der Waals surface area contributed by atoms with Crippen molar-refractivity contribution in [2.24, 2.45) is 5.92 Å². The van der Waals surface area contributed by atoms with E-state index < -0.39 is 0 Å². The summed E-state index contributed by atoms with van der Waals surface area (Å²) in [4.78, 5) is 38.3. The minimum absolute atomic E-state index is 0.00164. The van der Waals surface area contributed by atoms with Crippen LogP contribution in [0.4, 0.5) is 17.3 Å². The highest BCUT2D eigenvalue weighted by molar-refractivity contribution is 6.00. The van der Waals surface area contributed by atoms with Gasteiger partial charge in [-0.05, 0) is 63.3 Å². The summed E-state index contributed by atoms with van der Waals surface area (Å²) in [5.74, 6) is 2.06. The van der Waals surface area contributed by atoms with Crippen molar-refractivity contribution in [3.63, 3.8) is 0 Å². The van der Waals surface area contributed by atoms with Crippen LogP contribution in [0.5, 0.6) is 0 Å². The molecule has 0 aliphatic carbocycles. The molecule has 2 fully saturated rings. The van der Waals surface area contributed by atoms with E-state index in [0.29, 0.717) is 19.6 Å². The summed E-state index contributed by atoms with van der Waals surface area (Å²) >= 11 is 0. The summed E-state index contributed by atoms with van der Waals surface area (Å²) in [6.07, 6.45) is 3.92. The monoisotopic (exact) mass is 450 g/mol. The predicted octanol–water partition coefficient (Wildman–Crippen LogP) is 2.97. The molecule has 3 heterocycles. The molecule has 1 aromatic carbocycles. The smallest absolute Gasteiger partial charge is 0.227 e. The third kappa shape index (κ3) is 5.61. The summed E-state index contributed by atoms with van der Waals surface area (Å²) in [6, 6.07) is 7.96. The topological polar surface area (TPSA) is 90.5 Å². The molecule has 1 atom stereocenters. The molecule has 4 rings (SSSR count). The quantitative estimate of drug-likeness (QED) is 0.631. The number of aromatic nitrogens is 2. The van der Waals surface area contributed by atoms with Crippen molar-refractivity contribution in [3.05, 3.63) is 41.2 Å². The number of nitrogens with one attached hydrogen (secondary N) is 2. The Morgan fingerprint density at radius 1 is 1.03 bits per heavy atom. The maximum Gasteiger partial charge on any atom is 0.227 e. The zero-order valence-electron chi connectivity index (χ0n) is 19.9. The van der Waals surface area contributed by atoms with Gasteiger partial charge in [-0.15, -0.1) is 0 Å². The van der Waals surface area contributed by atoms with Crippen LogP contribution in [0.15, 0.2) is 24.3 Å². The van der Waals surface area contributed by atoms with Crippen molar-refractivity contribution in [1.82, 2.24) is 15.3 Å². The van der Waals surface area contributed by atoms with E-state index >= 15 is 0 Å². The lowest BCUT2D eigenvalue weighted by atomic mass is 10.1. The van der Waals surface area contributed by atoms with Gasteiger partial charge in [-0.2, -0.15) is 0 Å². The summed E-state index contributed by atoms with van der Waals surface area (Å²) in [6.45, 7) is 9.50. The number of carbonyl (C=O) groups is 2. The SMILES string of the molecule is Cc1nc(NCCNC(=O)C2CC(=O)N(c3ccc(C)c(C)c3)C2)cc(N2CCCCC2)n1. The van der Waals surface area contributed by atoms with Gasteiger partial charge in [0, 0.05) is 50.9 Å².